The standard InChI is InChI=1S/C11H18NO3.ClH/c1-5-10(13)9-12(3,4)7-8-15-11(14)6-2;/h5-6H,1-2,7-9H2,3-4H3;1H/q+1;/p-1. The second-order valence-electron chi connectivity index (χ2n) is 3.86. The molecule has 0 spiro atoms. The lowest BCUT2D eigenvalue weighted by Gasteiger charge is -2.27. The Morgan fingerprint density at radius 2 is 1.81 bits per heavy atom. The molecular weight excluding hydrogens is 230 g/mol. The predicted octanol–water partition coefficient (Wildman–Crippen LogP) is -2.45. The van der Waals surface area contributed by atoms with Crippen molar-refractivity contribution in [3.05, 3.63) is 25.3 Å². The molecule has 0 fully saturated rings. The highest BCUT2D eigenvalue weighted by atomic mass is 35.5. The number of ketones is 1. The quantitative estimate of drug-likeness (QED) is 0.285. The smallest absolute Gasteiger partial charge is 0.330 e. The Labute approximate surface area is 103 Å². The van der Waals surface area contributed by atoms with E-state index in [0.29, 0.717) is 17.6 Å². The Balaban J connectivity index is 0. The van der Waals surface area contributed by atoms with E-state index in [0.717, 1.165) is 6.08 Å². The average Bonchev–Trinajstić information content (AvgIpc) is 2.16. The molecule has 0 saturated carbocycles. The van der Waals surface area contributed by atoms with Gasteiger partial charge in [-0.3, -0.25) is 4.79 Å². The maximum Gasteiger partial charge on any atom is 0.330 e. The third-order valence-corrected chi connectivity index (χ3v) is 1.92. The largest absolute Gasteiger partial charge is 1.00 e. The molecule has 4 nitrogen and oxygen atoms in total. The lowest BCUT2D eigenvalue weighted by atomic mass is 10.3. The molecule has 0 atom stereocenters. The number of nitrogens with zero attached hydrogens (tertiary/aromatic N) is 1. The molecule has 0 unspecified atom stereocenters. The Hall–Kier alpha value is -1.13. The van der Waals surface area contributed by atoms with Crippen LogP contribution in [0.5, 0.6) is 0 Å². The number of ether oxygens (including phenoxy) is 1. The van der Waals surface area contributed by atoms with Crippen LogP contribution in [0.1, 0.15) is 0 Å². The summed E-state index contributed by atoms with van der Waals surface area (Å²) in [7, 11) is 3.78. The number of quaternary nitrogens is 1. The van der Waals surface area contributed by atoms with E-state index in [2.05, 4.69) is 13.2 Å². The highest BCUT2D eigenvalue weighted by Crippen LogP contribution is 1.97. The van der Waals surface area contributed by atoms with Gasteiger partial charge in [-0.1, -0.05) is 13.2 Å². The van der Waals surface area contributed by atoms with Gasteiger partial charge in [0.15, 0.2) is 0 Å². The first kappa shape index (κ1) is 17.3. The Morgan fingerprint density at radius 3 is 2.25 bits per heavy atom. The number of hydrogen-bond acceptors (Lipinski definition) is 3. The van der Waals surface area contributed by atoms with Crippen LogP contribution in [0.25, 0.3) is 0 Å². The molecular formula is C11H18ClNO3. The molecule has 0 aliphatic rings. The van der Waals surface area contributed by atoms with Gasteiger partial charge >= 0.3 is 5.97 Å². The SMILES string of the molecule is C=CC(=O)C[N+](C)(C)CCOC(=O)C=C.[Cl-]. The fraction of sp³-hybridized carbons (Fsp3) is 0.455. The van der Waals surface area contributed by atoms with E-state index >= 15 is 0 Å². The Bertz CT molecular complexity index is 274. The summed E-state index contributed by atoms with van der Waals surface area (Å²) in [5.74, 6) is -0.458. The summed E-state index contributed by atoms with van der Waals surface area (Å²) < 4.78 is 5.30. The predicted molar refractivity (Wildman–Crippen MR) is 58.2 cm³/mol. The minimum absolute atomic E-state index is 0. The van der Waals surface area contributed by atoms with E-state index in [1.165, 1.54) is 6.08 Å². The topological polar surface area (TPSA) is 43.4 Å². The summed E-state index contributed by atoms with van der Waals surface area (Å²) in [6.07, 6.45) is 2.42. The molecule has 0 heterocycles. The van der Waals surface area contributed by atoms with Crippen molar-refractivity contribution in [2.24, 2.45) is 0 Å². The molecule has 0 rings (SSSR count). The first-order valence-corrected chi connectivity index (χ1v) is 4.68. The maximum atomic E-state index is 11.1. The molecule has 0 aromatic rings. The van der Waals surface area contributed by atoms with Crippen LogP contribution < -0.4 is 12.4 Å². The second kappa shape index (κ2) is 8.07. The average molecular weight is 248 g/mol. The van der Waals surface area contributed by atoms with E-state index in [-0.39, 0.29) is 24.8 Å². The van der Waals surface area contributed by atoms with Crippen LogP contribution in [0, 0.1) is 0 Å². The number of likely N-dealkylation sites (N-methyl/N-ethyl adjacent to an activating group) is 1. The van der Waals surface area contributed by atoms with Gasteiger partial charge in [-0.25, -0.2) is 4.79 Å². The number of hydrogen-bond donors (Lipinski definition) is 0. The molecule has 0 saturated heterocycles. The fourth-order valence-corrected chi connectivity index (χ4v) is 1.02. The fourth-order valence-electron chi connectivity index (χ4n) is 1.02. The number of esters is 1. The summed E-state index contributed by atoms with van der Waals surface area (Å²) in [4.78, 5) is 21.9. The molecule has 0 aromatic carbocycles. The van der Waals surface area contributed by atoms with Crippen LogP contribution in [0.3, 0.4) is 0 Å². The lowest BCUT2D eigenvalue weighted by molar-refractivity contribution is -0.882. The minimum atomic E-state index is -0.440. The van der Waals surface area contributed by atoms with E-state index in [1.807, 2.05) is 14.1 Å². The second-order valence-corrected chi connectivity index (χ2v) is 3.86. The van der Waals surface area contributed by atoms with Crippen molar-refractivity contribution in [1.29, 1.82) is 0 Å². The molecule has 92 valence electrons. The van der Waals surface area contributed by atoms with Crippen LogP contribution in [-0.4, -0.2) is 50.0 Å². The normalized spacial score (nSPS) is 9.88. The van der Waals surface area contributed by atoms with Crippen LogP contribution in [0.4, 0.5) is 0 Å². The van der Waals surface area contributed by atoms with Crippen LogP contribution in [-0.2, 0) is 14.3 Å². The zero-order valence-electron chi connectivity index (χ0n) is 9.74. The van der Waals surface area contributed by atoms with Gasteiger partial charge in [0, 0.05) is 6.08 Å². The lowest BCUT2D eigenvalue weighted by Crippen LogP contribution is -3.00. The molecule has 5 heteroatoms. The van der Waals surface area contributed by atoms with E-state index in [1.54, 1.807) is 0 Å². The van der Waals surface area contributed by atoms with Gasteiger partial charge < -0.3 is 21.6 Å². The highest BCUT2D eigenvalue weighted by Gasteiger charge is 2.18. The highest BCUT2D eigenvalue weighted by molar-refractivity contribution is 5.90. The molecule has 0 N–H and O–H groups in total. The molecule has 16 heavy (non-hydrogen) atoms. The van der Waals surface area contributed by atoms with Gasteiger partial charge in [0.05, 0.1) is 14.1 Å². The van der Waals surface area contributed by atoms with Gasteiger partial charge in [-0.2, -0.15) is 0 Å². The van der Waals surface area contributed by atoms with Crippen molar-refractivity contribution in [3.63, 3.8) is 0 Å². The number of halogens is 1. The Morgan fingerprint density at radius 1 is 1.25 bits per heavy atom. The first-order chi connectivity index (χ1) is 6.91. The van der Waals surface area contributed by atoms with Crippen molar-refractivity contribution in [1.82, 2.24) is 0 Å². The van der Waals surface area contributed by atoms with Crippen molar-refractivity contribution >= 4 is 11.8 Å². The zero-order chi connectivity index (χ0) is 11.9. The summed E-state index contributed by atoms with van der Waals surface area (Å²) in [5, 5.41) is 0. The minimum Gasteiger partial charge on any atom is -1.00 e. The van der Waals surface area contributed by atoms with E-state index in [4.69, 9.17) is 4.74 Å². The summed E-state index contributed by atoms with van der Waals surface area (Å²) in [6, 6.07) is 0. The third-order valence-electron chi connectivity index (χ3n) is 1.92. The van der Waals surface area contributed by atoms with E-state index < -0.39 is 5.97 Å². The maximum absolute atomic E-state index is 11.1. The van der Waals surface area contributed by atoms with E-state index in [9.17, 15) is 9.59 Å². The summed E-state index contributed by atoms with van der Waals surface area (Å²) >= 11 is 0. The van der Waals surface area contributed by atoms with Crippen molar-refractivity contribution in [2.75, 3.05) is 33.8 Å². The summed E-state index contributed by atoms with van der Waals surface area (Å²) in [6.45, 7) is 7.92. The monoisotopic (exact) mass is 247 g/mol. The van der Waals surface area contributed by atoms with Gasteiger partial charge in [0.25, 0.3) is 0 Å². The zero-order valence-corrected chi connectivity index (χ0v) is 10.5. The van der Waals surface area contributed by atoms with Gasteiger partial charge in [-0.15, -0.1) is 0 Å². The van der Waals surface area contributed by atoms with Crippen LogP contribution in [0.2, 0.25) is 0 Å². The Kier molecular flexibility index (Phi) is 8.71. The molecule has 0 aliphatic heterocycles. The molecule has 0 bridgehead atoms. The van der Waals surface area contributed by atoms with Crippen LogP contribution in [0.15, 0.2) is 25.3 Å². The molecule has 0 aromatic heterocycles. The number of carbonyl (C=O) groups excluding carboxylic acids is 2. The van der Waals surface area contributed by atoms with Crippen molar-refractivity contribution in [3.8, 4) is 0 Å². The molecule has 0 aliphatic carbocycles. The van der Waals surface area contributed by atoms with Gasteiger partial charge in [0.1, 0.15) is 19.7 Å². The van der Waals surface area contributed by atoms with Gasteiger partial charge in [-0.05, 0) is 6.08 Å². The molecule has 0 amide bonds. The van der Waals surface area contributed by atoms with Crippen LogP contribution >= 0.6 is 0 Å². The molecule has 0 radical (unpaired) electrons. The third kappa shape index (κ3) is 8.20. The van der Waals surface area contributed by atoms with Gasteiger partial charge in [0.2, 0.25) is 5.78 Å². The van der Waals surface area contributed by atoms with Crippen molar-refractivity contribution in [2.45, 2.75) is 0 Å². The number of rotatable bonds is 7. The first-order valence-electron chi connectivity index (χ1n) is 4.68. The summed E-state index contributed by atoms with van der Waals surface area (Å²) in [5.41, 5.74) is 0. The number of carbonyl (C=O) groups is 2. The van der Waals surface area contributed by atoms with Crippen molar-refractivity contribution < 1.29 is 31.2 Å².